The molecule has 0 saturated heterocycles. The van der Waals surface area contributed by atoms with E-state index in [1.807, 2.05) is 27.7 Å². The maximum atomic E-state index is 13.4. The molecular formula is C23H32F3N5O2S. The minimum absolute atomic E-state index is 0.123. The van der Waals surface area contributed by atoms with Crippen LogP contribution in [0.2, 0.25) is 0 Å². The van der Waals surface area contributed by atoms with Crippen molar-refractivity contribution in [1.29, 1.82) is 0 Å². The van der Waals surface area contributed by atoms with E-state index in [1.165, 1.54) is 11.3 Å². The predicted molar refractivity (Wildman–Crippen MR) is 127 cm³/mol. The number of hydrogen-bond acceptors (Lipinski definition) is 5. The van der Waals surface area contributed by atoms with Gasteiger partial charge in [-0.05, 0) is 24.6 Å². The maximum Gasteiger partial charge on any atom is 0.416 e. The van der Waals surface area contributed by atoms with Crippen molar-refractivity contribution in [3.05, 3.63) is 39.1 Å². The quantitative estimate of drug-likeness (QED) is 0.323. The Bertz CT molecular complexity index is 1120. The van der Waals surface area contributed by atoms with Gasteiger partial charge < -0.3 is 10.6 Å². The first kappa shape index (κ1) is 27.6. The summed E-state index contributed by atoms with van der Waals surface area (Å²) >= 11 is 1.23. The van der Waals surface area contributed by atoms with Gasteiger partial charge in [0.2, 0.25) is 4.80 Å². The van der Waals surface area contributed by atoms with Crippen LogP contribution in [0.4, 0.5) is 13.2 Å². The van der Waals surface area contributed by atoms with Gasteiger partial charge in [0.05, 0.1) is 11.1 Å². The number of oxime groups is 1. The number of unbranched alkanes of at least 4 members (excludes halogenated alkanes) is 1. The minimum Gasteiger partial charge on any atom is -0.384 e. The van der Waals surface area contributed by atoms with E-state index in [1.54, 1.807) is 25.5 Å². The monoisotopic (exact) mass is 499 g/mol. The van der Waals surface area contributed by atoms with Gasteiger partial charge in [-0.2, -0.15) is 23.3 Å². The van der Waals surface area contributed by atoms with E-state index in [2.05, 4.69) is 15.2 Å². The molecule has 0 spiro atoms. The molecule has 34 heavy (non-hydrogen) atoms. The number of rotatable bonds is 6. The summed E-state index contributed by atoms with van der Waals surface area (Å²) < 4.78 is 41.7. The molecule has 2 N–H and O–H groups in total. The van der Waals surface area contributed by atoms with Crippen LogP contribution in [-0.4, -0.2) is 21.5 Å². The van der Waals surface area contributed by atoms with Gasteiger partial charge in [0, 0.05) is 17.4 Å². The van der Waals surface area contributed by atoms with E-state index in [4.69, 9.17) is 10.6 Å². The lowest BCUT2D eigenvalue weighted by Gasteiger charge is -2.16. The van der Waals surface area contributed by atoms with Crippen LogP contribution < -0.4 is 15.4 Å². The molecule has 2 aromatic rings. The lowest BCUT2D eigenvalue weighted by molar-refractivity contribution is -0.137. The fourth-order valence-electron chi connectivity index (χ4n) is 2.48. The van der Waals surface area contributed by atoms with Crippen LogP contribution in [0.3, 0.4) is 0 Å². The Balaban J connectivity index is 2.61. The number of nitrogens with zero attached hydrogens (tertiary/aromatic N) is 4. The Labute approximate surface area is 201 Å². The number of amidine groups is 1. The van der Waals surface area contributed by atoms with E-state index in [9.17, 15) is 18.0 Å². The zero-order chi connectivity index (χ0) is 25.9. The maximum absolute atomic E-state index is 13.4. The average molecular weight is 500 g/mol. The normalized spacial score (nSPS) is 13.9. The van der Waals surface area contributed by atoms with Crippen molar-refractivity contribution in [3.8, 4) is 5.75 Å². The van der Waals surface area contributed by atoms with Crippen LogP contribution in [0, 0.1) is 5.41 Å². The third-order valence-corrected chi connectivity index (χ3v) is 6.10. The first-order valence-corrected chi connectivity index (χ1v) is 11.8. The molecule has 0 radical (unpaired) electrons. The highest BCUT2D eigenvalue weighted by Gasteiger charge is 2.32. The number of carbonyl (C=O) groups excluding carboxylic acids is 1. The summed E-state index contributed by atoms with van der Waals surface area (Å²) in [5.41, 5.74) is 3.71. The van der Waals surface area contributed by atoms with E-state index in [0.29, 0.717) is 17.4 Å². The number of amides is 1. The number of carbonyl (C=O) groups is 1. The molecule has 0 unspecified atom stereocenters. The SMILES string of the molecule is CCCCn1nc(C(C)(C)C)sc1=NC(=O)c1cc(C(F)(F)F)ccc1ON=C(N)C(C)(C)C. The summed E-state index contributed by atoms with van der Waals surface area (Å²) in [7, 11) is 0. The van der Waals surface area contributed by atoms with Crippen molar-refractivity contribution >= 4 is 23.1 Å². The summed E-state index contributed by atoms with van der Waals surface area (Å²) in [6.45, 7) is 13.9. The summed E-state index contributed by atoms with van der Waals surface area (Å²) in [4.78, 5) is 22.9. The molecule has 7 nitrogen and oxygen atoms in total. The van der Waals surface area contributed by atoms with Crippen molar-refractivity contribution in [3.63, 3.8) is 0 Å². The van der Waals surface area contributed by atoms with E-state index >= 15 is 0 Å². The summed E-state index contributed by atoms with van der Waals surface area (Å²) in [6.07, 6.45) is -2.93. The number of halogens is 3. The van der Waals surface area contributed by atoms with Gasteiger partial charge in [-0.3, -0.25) is 4.79 Å². The second kappa shape index (κ2) is 10.3. The van der Waals surface area contributed by atoms with Crippen molar-refractivity contribution in [2.24, 2.45) is 21.3 Å². The Hall–Kier alpha value is -2.69. The molecule has 1 amide bonds. The highest BCUT2D eigenvalue weighted by molar-refractivity contribution is 7.09. The number of benzene rings is 1. The molecule has 1 heterocycles. The molecule has 11 heteroatoms. The van der Waals surface area contributed by atoms with Gasteiger partial charge in [0.25, 0.3) is 5.91 Å². The van der Waals surface area contributed by atoms with Crippen LogP contribution >= 0.6 is 11.3 Å². The molecule has 0 saturated carbocycles. The standard InChI is InChI=1S/C23H32F3N5O2S/c1-8-9-12-31-20(34-19(29-31)22(5,6)7)28-17(32)15-13-14(23(24,25)26)10-11-16(15)33-30-18(27)21(2,3)4/h10-11,13H,8-9,12H2,1-7H3,(H2,27,30). The second-order valence-electron chi connectivity index (χ2n) is 9.96. The highest BCUT2D eigenvalue weighted by Crippen LogP contribution is 2.33. The van der Waals surface area contributed by atoms with Gasteiger partial charge in [-0.15, -0.1) is 0 Å². The molecule has 0 aliphatic carbocycles. The van der Waals surface area contributed by atoms with Crippen molar-refractivity contribution in [2.75, 3.05) is 0 Å². The molecule has 2 rings (SSSR count). The molecule has 0 bridgehead atoms. The highest BCUT2D eigenvalue weighted by atomic mass is 32.1. The fourth-order valence-corrected chi connectivity index (χ4v) is 3.47. The van der Waals surface area contributed by atoms with E-state index in [0.717, 1.165) is 30.0 Å². The largest absolute Gasteiger partial charge is 0.416 e. The van der Waals surface area contributed by atoms with E-state index in [-0.39, 0.29) is 22.6 Å². The molecule has 0 aliphatic rings. The Morgan fingerprint density at radius 1 is 1.18 bits per heavy atom. The van der Waals surface area contributed by atoms with Gasteiger partial charge >= 0.3 is 6.18 Å². The number of nitrogens with two attached hydrogens (primary N) is 1. The first-order chi connectivity index (χ1) is 15.5. The van der Waals surface area contributed by atoms with Gasteiger partial charge in [-0.1, -0.05) is 71.4 Å². The molecule has 0 fully saturated rings. The molecule has 188 valence electrons. The third kappa shape index (κ3) is 7.15. The lowest BCUT2D eigenvalue weighted by atomic mass is 9.96. The van der Waals surface area contributed by atoms with Crippen molar-refractivity contribution in [1.82, 2.24) is 9.78 Å². The zero-order valence-electron chi connectivity index (χ0n) is 20.6. The number of aryl methyl sites for hydroxylation is 1. The summed E-state index contributed by atoms with van der Waals surface area (Å²) in [6, 6.07) is 2.58. The van der Waals surface area contributed by atoms with Crippen LogP contribution in [0.5, 0.6) is 5.75 Å². The number of aromatic nitrogens is 2. The van der Waals surface area contributed by atoms with Gasteiger partial charge in [0.15, 0.2) is 5.75 Å². The van der Waals surface area contributed by atoms with E-state index < -0.39 is 23.1 Å². The average Bonchev–Trinajstić information content (AvgIpc) is 3.11. The summed E-state index contributed by atoms with van der Waals surface area (Å²) in [5.74, 6) is -0.938. The second-order valence-corrected chi connectivity index (χ2v) is 10.9. The lowest BCUT2D eigenvalue weighted by Crippen LogP contribution is -2.29. The molecule has 0 atom stereocenters. The third-order valence-electron chi connectivity index (χ3n) is 4.73. The van der Waals surface area contributed by atoms with Crippen molar-refractivity contribution < 1.29 is 22.8 Å². The number of hydrogen-bond donors (Lipinski definition) is 1. The fraction of sp³-hybridized carbons (Fsp3) is 0.565. The Kier molecular flexibility index (Phi) is 8.34. The Morgan fingerprint density at radius 3 is 2.35 bits per heavy atom. The number of alkyl halides is 3. The van der Waals surface area contributed by atoms with Crippen LogP contribution in [0.15, 0.2) is 28.3 Å². The predicted octanol–water partition coefficient (Wildman–Crippen LogP) is 5.50. The first-order valence-electron chi connectivity index (χ1n) is 10.9. The smallest absolute Gasteiger partial charge is 0.384 e. The molecule has 1 aromatic heterocycles. The minimum atomic E-state index is -4.65. The topological polar surface area (TPSA) is 94.9 Å². The zero-order valence-corrected chi connectivity index (χ0v) is 21.4. The van der Waals surface area contributed by atoms with Gasteiger partial charge in [0.1, 0.15) is 10.8 Å². The molecule has 1 aromatic carbocycles. The van der Waals surface area contributed by atoms with Crippen LogP contribution in [-0.2, 0) is 18.1 Å². The van der Waals surface area contributed by atoms with Gasteiger partial charge in [-0.25, -0.2) is 4.68 Å². The van der Waals surface area contributed by atoms with Crippen molar-refractivity contribution in [2.45, 2.75) is 79.4 Å². The summed E-state index contributed by atoms with van der Waals surface area (Å²) in [5, 5.41) is 9.14. The van der Waals surface area contributed by atoms with Crippen LogP contribution in [0.25, 0.3) is 0 Å². The van der Waals surface area contributed by atoms with Crippen LogP contribution in [0.1, 0.15) is 82.2 Å². The Morgan fingerprint density at radius 2 is 1.82 bits per heavy atom. The molecule has 0 aliphatic heterocycles. The molecular weight excluding hydrogens is 467 g/mol.